The Balaban J connectivity index is 0.00000441. The van der Waals surface area contributed by atoms with Gasteiger partial charge in [-0.25, -0.2) is 8.42 Å². The summed E-state index contributed by atoms with van der Waals surface area (Å²) in [5.41, 5.74) is 1.06. The first kappa shape index (κ1) is 20.9. The number of nitrogens with one attached hydrogen (secondary N) is 2. The summed E-state index contributed by atoms with van der Waals surface area (Å²) in [6, 6.07) is 6.93. The standard InChI is InChI=1S/C15H23N3O2S.HI/c1-4-11-17-15(16-5-2)18-12-10-13-6-8-14(9-7-13)21(3,19)20;/h4,6-9H,1,5,10-12H2,2-3H3,(H2,16,17,18);1H. The van der Waals surface area contributed by atoms with Crippen LogP contribution in [0.3, 0.4) is 0 Å². The number of nitrogens with zero attached hydrogens (tertiary/aromatic N) is 1. The maximum Gasteiger partial charge on any atom is 0.191 e. The molecule has 22 heavy (non-hydrogen) atoms. The Labute approximate surface area is 150 Å². The van der Waals surface area contributed by atoms with E-state index in [0.29, 0.717) is 18.0 Å². The molecule has 0 bridgehead atoms. The molecule has 0 atom stereocenters. The summed E-state index contributed by atoms with van der Waals surface area (Å²) in [6.45, 7) is 7.75. The van der Waals surface area contributed by atoms with E-state index < -0.39 is 9.84 Å². The minimum atomic E-state index is -3.13. The summed E-state index contributed by atoms with van der Waals surface area (Å²) in [6.07, 6.45) is 3.74. The minimum absolute atomic E-state index is 0. The van der Waals surface area contributed by atoms with Crippen molar-refractivity contribution in [1.29, 1.82) is 0 Å². The smallest absolute Gasteiger partial charge is 0.191 e. The predicted octanol–water partition coefficient (Wildman–Crippen LogP) is 1.99. The van der Waals surface area contributed by atoms with Gasteiger partial charge in [0.05, 0.1) is 4.90 Å². The van der Waals surface area contributed by atoms with E-state index in [-0.39, 0.29) is 24.0 Å². The van der Waals surface area contributed by atoms with Crippen LogP contribution in [0, 0.1) is 0 Å². The van der Waals surface area contributed by atoms with Gasteiger partial charge < -0.3 is 10.6 Å². The second-order valence-corrected chi connectivity index (χ2v) is 6.61. The average Bonchev–Trinajstić information content (AvgIpc) is 2.44. The van der Waals surface area contributed by atoms with Crippen LogP contribution in [0.15, 0.2) is 46.8 Å². The maximum absolute atomic E-state index is 11.4. The summed E-state index contributed by atoms with van der Waals surface area (Å²) in [5.74, 6) is 0.755. The van der Waals surface area contributed by atoms with E-state index in [1.165, 1.54) is 6.26 Å². The third-order valence-electron chi connectivity index (χ3n) is 2.78. The first-order chi connectivity index (χ1) is 9.97. The van der Waals surface area contributed by atoms with Crippen molar-refractivity contribution in [3.05, 3.63) is 42.5 Å². The summed E-state index contributed by atoms with van der Waals surface area (Å²) in [5, 5.41) is 6.27. The molecule has 7 heteroatoms. The van der Waals surface area contributed by atoms with Gasteiger partial charge in [-0.05, 0) is 31.0 Å². The third kappa shape index (κ3) is 7.79. The van der Waals surface area contributed by atoms with Gasteiger partial charge in [-0.2, -0.15) is 0 Å². The summed E-state index contributed by atoms with van der Waals surface area (Å²) >= 11 is 0. The van der Waals surface area contributed by atoms with Crippen molar-refractivity contribution in [2.75, 3.05) is 25.9 Å². The molecule has 1 rings (SSSR count). The lowest BCUT2D eigenvalue weighted by atomic mass is 10.1. The van der Waals surface area contributed by atoms with E-state index in [1.807, 2.05) is 19.1 Å². The summed E-state index contributed by atoms with van der Waals surface area (Å²) in [4.78, 5) is 4.79. The van der Waals surface area contributed by atoms with Crippen molar-refractivity contribution in [1.82, 2.24) is 10.6 Å². The van der Waals surface area contributed by atoms with E-state index in [9.17, 15) is 8.42 Å². The third-order valence-corrected chi connectivity index (χ3v) is 3.91. The summed E-state index contributed by atoms with van der Waals surface area (Å²) in [7, 11) is -3.13. The zero-order chi connectivity index (χ0) is 15.7. The fraction of sp³-hybridized carbons (Fsp3) is 0.400. The molecule has 1 aromatic rings. The van der Waals surface area contributed by atoms with Crippen LogP contribution >= 0.6 is 24.0 Å². The van der Waals surface area contributed by atoms with Crippen molar-refractivity contribution in [3.8, 4) is 0 Å². The highest BCUT2D eigenvalue weighted by Crippen LogP contribution is 2.10. The zero-order valence-electron chi connectivity index (χ0n) is 13.0. The monoisotopic (exact) mass is 437 g/mol. The first-order valence-electron chi connectivity index (χ1n) is 6.89. The number of sulfone groups is 1. The molecule has 2 N–H and O–H groups in total. The second-order valence-electron chi connectivity index (χ2n) is 4.60. The van der Waals surface area contributed by atoms with E-state index >= 15 is 0 Å². The normalized spacial score (nSPS) is 11.5. The number of halogens is 1. The van der Waals surface area contributed by atoms with Gasteiger partial charge in [0.1, 0.15) is 0 Å². The van der Waals surface area contributed by atoms with E-state index in [0.717, 1.165) is 24.5 Å². The van der Waals surface area contributed by atoms with Gasteiger partial charge >= 0.3 is 0 Å². The molecule has 124 valence electrons. The van der Waals surface area contributed by atoms with Gasteiger partial charge in [-0.3, -0.25) is 4.99 Å². The molecule has 0 saturated carbocycles. The molecule has 0 aliphatic heterocycles. The average molecular weight is 437 g/mol. The molecule has 0 aromatic heterocycles. The Morgan fingerprint density at radius 1 is 1.27 bits per heavy atom. The molecule has 0 saturated heterocycles. The molecule has 0 aliphatic rings. The molecule has 0 heterocycles. The van der Waals surface area contributed by atoms with Crippen LogP contribution in [0.25, 0.3) is 0 Å². The number of guanidine groups is 1. The minimum Gasteiger partial charge on any atom is -0.357 e. The van der Waals surface area contributed by atoms with Crippen molar-refractivity contribution in [2.45, 2.75) is 18.2 Å². The van der Waals surface area contributed by atoms with Gasteiger partial charge in [0.25, 0.3) is 0 Å². The van der Waals surface area contributed by atoms with Gasteiger partial charge in [-0.1, -0.05) is 18.2 Å². The Kier molecular flexibility index (Phi) is 10.1. The molecule has 0 unspecified atom stereocenters. The Hall–Kier alpha value is -1.09. The van der Waals surface area contributed by atoms with Crippen LogP contribution in [0.4, 0.5) is 0 Å². The number of hydrogen-bond donors (Lipinski definition) is 2. The Morgan fingerprint density at radius 3 is 2.41 bits per heavy atom. The Bertz CT molecular complexity index is 583. The van der Waals surface area contributed by atoms with Crippen molar-refractivity contribution < 1.29 is 8.42 Å². The van der Waals surface area contributed by atoms with E-state index in [1.54, 1.807) is 18.2 Å². The largest absolute Gasteiger partial charge is 0.357 e. The molecular weight excluding hydrogens is 413 g/mol. The molecule has 0 aliphatic carbocycles. The number of hydrogen-bond acceptors (Lipinski definition) is 3. The van der Waals surface area contributed by atoms with Gasteiger partial charge in [0.15, 0.2) is 15.8 Å². The fourth-order valence-corrected chi connectivity index (χ4v) is 2.34. The molecule has 5 nitrogen and oxygen atoms in total. The Morgan fingerprint density at radius 2 is 1.91 bits per heavy atom. The molecule has 0 spiro atoms. The molecule has 0 fully saturated rings. The van der Waals surface area contributed by atoms with Crippen LogP contribution in [0.1, 0.15) is 12.5 Å². The van der Waals surface area contributed by atoms with E-state index in [2.05, 4.69) is 22.2 Å². The quantitative estimate of drug-likeness (QED) is 0.296. The van der Waals surface area contributed by atoms with E-state index in [4.69, 9.17) is 0 Å². The number of benzene rings is 1. The van der Waals surface area contributed by atoms with Crippen molar-refractivity contribution in [2.24, 2.45) is 4.99 Å². The molecule has 0 radical (unpaired) electrons. The lowest BCUT2D eigenvalue weighted by Gasteiger charge is -2.09. The second kappa shape index (κ2) is 10.6. The van der Waals surface area contributed by atoms with Crippen LogP contribution < -0.4 is 10.6 Å². The van der Waals surface area contributed by atoms with Gasteiger partial charge in [0.2, 0.25) is 0 Å². The van der Waals surface area contributed by atoms with Crippen LogP contribution in [0.5, 0.6) is 0 Å². The van der Waals surface area contributed by atoms with Gasteiger partial charge in [-0.15, -0.1) is 30.6 Å². The fourth-order valence-electron chi connectivity index (χ4n) is 1.71. The number of rotatable bonds is 7. The lowest BCUT2D eigenvalue weighted by Crippen LogP contribution is -2.37. The number of aliphatic imine (C=N–C) groups is 1. The lowest BCUT2D eigenvalue weighted by molar-refractivity contribution is 0.602. The molecule has 1 aromatic carbocycles. The molecular formula is C15H24IN3O2S. The first-order valence-corrected chi connectivity index (χ1v) is 8.78. The molecule has 0 amide bonds. The van der Waals surface area contributed by atoms with Gasteiger partial charge in [0, 0.05) is 25.9 Å². The highest BCUT2D eigenvalue weighted by atomic mass is 127. The zero-order valence-corrected chi connectivity index (χ0v) is 16.1. The highest BCUT2D eigenvalue weighted by molar-refractivity contribution is 14.0. The van der Waals surface area contributed by atoms with Crippen LogP contribution in [0.2, 0.25) is 0 Å². The van der Waals surface area contributed by atoms with Crippen LogP contribution in [-0.4, -0.2) is 40.3 Å². The SMILES string of the molecule is C=CCNC(=NCCc1ccc(S(C)(=O)=O)cc1)NCC.I. The maximum atomic E-state index is 11.4. The van der Waals surface area contributed by atoms with Crippen LogP contribution in [-0.2, 0) is 16.3 Å². The van der Waals surface area contributed by atoms with Crippen molar-refractivity contribution in [3.63, 3.8) is 0 Å². The topological polar surface area (TPSA) is 70.6 Å². The van der Waals surface area contributed by atoms with Crippen molar-refractivity contribution >= 4 is 39.8 Å². The predicted molar refractivity (Wildman–Crippen MR) is 103 cm³/mol. The highest BCUT2D eigenvalue weighted by Gasteiger charge is 2.05. The summed E-state index contributed by atoms with van der Waals surface area (Å²) < 4.78 is 22.7.